The first-order valence-electron chi connectivity index (χ1n) is 5.14. The van der Waals surface area contributed by atoms with Crippen molar-refractivity contribution in [2.45, 2.75) is 6.54 Å². The minimum absolute atomic E-state index is 0.0120. The third-order valence-electron chi connectivity index (χ3n) is 2.24. The van der Waals surface area contributed by atoms with E-state index in [0.29, 0.717) is 0 Å². The van der Waals surface area contributed by atoms with Crippen molar-refractivity contribution in [3.63, 3.8) is 0 Å². The van der Waals surface area contributed by atoms with Gasteiger partial charge in [-0.1, -0.05) is 6.07 Å². The second-order valence-corrected chi connectivity index (χ2v) is 3.56. The van der Waals surface area contributed by atoms with Crippen LogP contribution in [0.2, 0.25) is 0 Å². The zero-order valence-corrected chi connectivity index (χ0v) is 9.52. The van der Waals surface area contributed by atoms with Crippen LogP contribution in [0.3, 0.4) is 0 Å². The van der Waals surface area contributed by atoms with E-state index in [9.17, 15) is 14.7 Å². The SMILES string of the molecule is O=C(Cn1cnnn1)Nc1cccc(C(=O)O)c1O. The van der Waals surface area contributed by atoms with Crippen molar-refractivity contribution < 1.29 is 19.8 Å². The lowest BCUT2D eigenvalue weighted by atomic mass is 10.1. The number of carbonyl (C=O) groups is 2. The van der Waals surface area contributed by atoms with Crippen molar-refractivity contribution in [1.29, 1.82) is 0 Å². The Bertz CT molecular complexity index is 610. The summed E-state index contributed by atoms with van der Waals surface area (Å²) >= 11 is 0. The molecule has 1 aromatic heterocycles. The summed E-state index contributed by atoms with van der Waals surface area (Å²) < 4.78 is 1.19. The molecular weight excluding hydrogens is 254 g/mol. The number of aromatic carboxylic acids is 1. The van der Waals surface area contributed by atoms with Gasteiger partial charge in [-0.3, -0.25) is 4.79 Å². The third kappa shape index (κ3) is 2.83. The van der Waals surface area contributed by atoms with Crippen LogP contribution in [0.4, 0.5) is 5.69 Å². The van der Waals surface area contributed by atoms with E-state index in [1.54, 1.807) is 0 Å². The number of rotatable bonds is 4. The van der Waals surface area contributed by atoms with E-state index in [1.165, 1.54) is 29.2 Å². The minimum Gasteiger partial charge on any atom is -0.505 e. The van der Waals surface area contributed by atoms with Crippen LogP contribution >= 0.6 is 0 Å². The molecule has 98 valence electrons. The van der Waals surface area contributed by atoms with E-state index in [4.69, 9.17) is 5.11 Å². The van der Waals surface area contributed by atoms with Crippen LogP contribution in [0.15, 0.2) is 24.5 Å². The molecule has 0 saturated heterocycles. The number of benzene rings is 1. The first-order chi connectivity index (χ1) is 9.08. The van der Waals surface area contributed by atoms with E-state index in [2.05, 4.69) is 20.8 Å². The molecule has 19 heavy (non-hydrogen) atoms. The minimum atomic E-state index is -1.28. The number of nitrogens with zero attached hydrogens (tertiary/aromatic N) is 4. The molecule has 0 aliphatic carbocycles. The fraction of sp³-hybridized carbons (Fsp3) is 0.100. The van der Waals surface area contributed by atoms with Gasteiger partial charge >= 0.3 is 5.97 Å². The summed E-state index contributed by atoms with van der Waals surface area (Å²) in [6.45, 7) is -0.149. The zero-order valence-electron chi connectivity index (χ0n) is 9.52. The van der Waals surface area contributed by atoms with Gasteiger partial charge in [-0.05, 0) is 22.6 Å². The van der Waals surface area contributed by atoms with E-state index < -0.39 is 17.6 Å². The Balaban J connectivity index is 2.13. The normalized spacial score (nSPS) is 10.1. The van der Waals surface area contributed by atoms with Gasteiger partial charge in [0.2, 0.25) is 5.91 Å². The number of para-hydroxylation sites is 1. The van der Waals surface area contributed by atoms with Gasteiger partial charge in [0.1, 0.15) is 18.4 Å². The largest absolute Gasteiger partial charge is 0.505 e. The Labute approximate surface area is 106 Å². The molecular formula is C10H9N5O4. The molecule has 0 bridgehead atoms. The number of aromatic nitrogens is 4. The molecule has 1 amide bonds. The number of tetrazole rings is 1. The third-order valence-corrected chi connectivity index (χ3v) is 2.24. The fourth-order valence-corrected chi connectivity index (χ4v) is 1.41. The van der Waals surface area contributed by atoms with E-state index in [-0.39, 0.29) is 17.8 Å². The van der Waals surface area contributed by atoms with E-state index in [0.717, 1.165) is 0 Å². The molecule has 2 rings (SSSR count). The highest BCUT2D eigenvalue weighted by Gasteiger charge is 2.14. The maximum atomic E-state index is 11.6. The number of amides is 1. The van der Waals surface area contributed by atoms with Crippen molar-refractivity contribution in [2.75, 3.05) is 5.32 Å². The highest BCUT2D eigenvalue weighted by molar-refractivity contribution is 5.97. The number of anilines is 1. The van der Waals surface area contributed by atoms with Gasteiger partial charge in [-0.2, -0.15) is 0 Å². The average Bonchev–Trinajstić information content (AvgIpc) is 2.84. The summed E-state index contributed by atoms with van der Waals surface area (Å²) in [6, 6.07) is 4.03. The maximum Gasteiger partial charge on any atom is 0.339 e. The Morgan fingerprint density at radius 1 is 1.37 bits per heavy atom. The van der Waals surface area contributed by atoms with Gasteiger partial charge in [-0.25, -0.2) is 9.48 Å². The Morgan fingerprint density at radius 3 is 2.79 bits per heavy atom. The summed E-state index contributed by atoms with van der Waals surface area (Å²) in [5.41, 5.74) is -0.279. The number of nitrogens with one attached hydrogen (secondary N) is 1. The van der Waals surface area contributed by atoms with Crippen LogP contribution < -0.4 is 5.32 Å². The summed E-state index contributed by atoms with van der Waals surface area (Å²) in [5.74, 6) is -2.28. The highest BCUT2D eigenvalue weighted by Crippen LogP contribution is 2.27. The molecule has 0 atom stereocenters. The Hall–Kier alpha value is -2.97. The van der Waals surface area contributed by atoms with Crippen molar-refractivity contribution >= 4 is 17.6 Å². The van der Waals surface area contributed by atoms with Crippen molar-refractivity contribution in [2.24, 2.45) is 0 Å². The second-order valence-electron chi connectivity index (χ2n) is 3.56. The fourth-order valence-electron chi connectivity index (χ4n) is 1.41. The van der Waals surface area contributed by atoms with Crippen LogP contribution in [0, 0.1) is 0 Å². The Morgan fingerprint density at radius 2 is 2.16 bits per heavy atom. The molecule has 1 aromatic carbocycles. The van der Waals surface area contributed by atoms with E-state index in [1.807, 2.05) is 0 Å². The van der Waals surface area contributed by atoms with Crippen LogP contribution in [0.1, 0.15) is 10.4 Å². The number of hydrogen-bond donors (Lipinski definition) is 3. The predicted octanol–water partition coefficient (Wildman–Crippen LogP) is -0.284. The first kappa shape index (κ1) is 12.5. The summed E-state index contributed by atoms with van der Waals surface area (Å²) in [4.78, 5) is 22.4. The number of carbonyl (C=O) groups excluding carboxylic acids is 1. The molecule has 9 heteroatoms. The van der Waals surface area contributed by atoms with Gasteiger partial charge in [-0.15, -0.1) is 5.10 Å². The van der Waals surface area contributed by atoms with Gasteiger partial charge in [0.15, 0.2) is 5.75 Å². The highest BCUT2D eigenvalue weighted by atomic mass is 16.4. The lowest BCUT2D eigenvalue weighted by Crippen LogP contribution is -2.19. The van der Waals surface area contributed by atoms with Gasteiger partial charge in [0.05, 0.1) is 5.69 Å². The molecule has 0 aliphatic rings. The topological polar surface area (TPSA) is 130 Å². The molecule has 0 radical (unpaired) electrons. The Kier molecular flexibility index (Phi) is 3.37. The number of hydrogen-bond acceptors (Lipinski definition) is 6. The van der Waals surface area contributed by atoms with Crippen LogP contribution in [-0.2, 0) is 11.3 Å². The molecule has 0 saturated carbocycles. The smallest absolute Gasteiger partial charge is 0.339 e. The van der Waals surface area contributed by atoms with Crippen LogP contribution in [0.5, 0.6) is 5.75 Å². The van der Waals surface area contributed by atoms with Crippen molar-refractivity contribution in [3.05, 3.63) is 30.1 Å². The molecule has 2 aromatic rings. The molecule has 0 spiro atoms. The van der Waals surface area contributed by atoms with Gasteiger partial charge in [0, 0.05) is 0 Å². The molecule has 0 fully saturated rings. The summed E-state index contributed by atoms with van der Waals surface area (Å²) in [5, 5.41) is 31.1. The molecule has 0 aliphatic heterocycles. The predicted molar refractivity (Wildman–Crippen MR) is 61.5 cm³/mol. The molecule has 1 heterocycles. The van der Waals surface area contributed by atoms with Crippen molar-refractivity contribution in [3.8, 4) is 5.75 Å². The average molecular weight is 263 g/mol. The van der Waals surface area contributed by atoms with Crippen LogP contribution in [-0.4, -0.2) is 42.3 Å². The van der Waals surface area contributed by atoms with Gasteiger partial charge < -0.3 is 15.5 Å². The zero-order chi connectivity index (χ0) is 13.8. The van der Waals surface area contributed by atoms with Crippen LogP contribution in [0.25, 0.3) is 0 Å². The lowest BCUT2D eigenvalue weighted by molar-refractivity contribution is -0.117. The first-order valence-corrected chi connectivity index (χ1v) is 5.14. The number of carboxylic acid groups (broad SMARTS) is 1. The van der Waals surface area contributed by atoms with Gasteiger partial charge in [0.25, 0.3) is 0 Å². The molecule has 3 N–H and O–H groups in total. The maximum absolute atomic E-state index is 11.6. The summed E-state index contributed by atoms with van der Waals surface area (Å²) in [6.07, 6.45) is 1.26. The second kappa shape index (κ2) is 5.12. The number of aromatic hydroxyl groups is 1. The lowest BCUT2D eigenvalue weighted by Gasteiger charge is -2.08. The number of phenols is 1. The molecule has 0 unspecified atom stereocenters. The number of carboxylic acids is 1. The summed E-state index contributed by atoms with van der Waals surface area (Å²) in [7, 11) is 0. The standard InChI is InChI=1S/C10H9N5O4/c16-8(4-15-5-11-13-14-15)12-7-3-1-2-6(9(7)17)10(18)19/h1-3,5,17H,4H2,(H,12,16)(H,18,19). The van der Waals surface area contributed by atoms with Crippen molar-refractivity contribution in [1.82, 2.24) is 20.2 Å². The quantitative estimate of drug-likeness (QED) is 0.646. The molecule has 9 nitrogen and oxygen atoms in total. The van der Waals surface area contributed by atoms with E-state index >= 15 is 0 Å². The monoisotopic (exact) mass is 263 g/mol.